The van der Waals surface area contributed by atoms with Crippen molar-refractivity contribution >= 4 is 33.6 Å². The zero-order chi connectivity index (χ0) is 36.5. The summed E-state index contributed by atoms with van der Waals surface area (Å²) in [5.41, 5.74) is 0.136. The van der Waals surface area contributed by atoms with Gasteiger partial charge in [0.1, 0.15) is 41.4 Å². The Hall–Kier alpha value is -5.45. The van der Waals surface area contributed by atoms with Gasteiger partial charge in [-0.1, -0.05) is 42.3 Å². The fraction of sp³-hybridized carbons (Fsp3) is 0.350. The van der Waals surface area contributed by atoms with Crippen LogP contribution in [0.4, 0.5) is 23.8 Å². The number of aromatic nitrogens is 3. The Balaban J connectivity index is 1.22. The van der Waals surface area contributed by atoms with E-state index in [9.17, 15) is 9.18 Å². The maximum Gasteiger partial charge on any atom is 0.412 e. The first-order chi connectivity index (χ1) is 25.8. The zero-order valence-electron chi connectivity index (χ0n) is 28.9. The standard InChI is InChI=1S/C40H37F3N6O4/c1-2-29-32(42)11-10-26-18-28(53-39(50)45-21-25-8-4-3-5-9-25)19-30(33(26)29)35-34(43)36-31(22-44-35)37(48-13-7-16-51-17-15-48)47-38(46-36)52-24-40-12-6-14-49(40)23-27(41)20-40/h1,3-5,8-11,18-19,22,27H,6-7,12-17,20-21,23-24H2,(H,45,50)/t27-,40+/m1/s1. The molecule has 13 heteroatoms. The Morgan fingerprint density at radius 2 is 1.94 bits per heavy atom. The number of anilines is 1. The number of hydrogen-bond acceptors (Lipinski definition) is 9. The molecule has 2 aromatic heterocycles. The van der Waals surface area contributed by atoms with Crippen molar-refractivity contribution in [3.8, 4) is 35.4 Å². The molecule has 3 saturated heterocycles. The minimum atomic E-state index is -0.947. The van der Waals surface area contributed by atoms with Crippen LogP contribution in [0.2, 0.25) is 0 Å². The molecular formula is C40H37F3N6O4. The minimum absolute atomic E-state index is 0.0513. The fourth-order valence-corrected chi connectivity index (χ4v) is 7.83. The molecule has 0 radical (unpaired) electrons. The smallest absolute Gasteiger partial charge is 0.412 e. The van der Waals surface area contributed by atoms with Crippen molar-refractivity contribution in [2.45, 2.75) is 43.9 Å². The number of rotatable bonds is 8. The van der Waals surface area contributed by atoms with Crippen LogP contribution in [0.1, 0.15) is 36.8 Å². The van der Waals surface area contributed by atoms with Crippen LogP contribution in [0.15, 0.2) is 60.8 Å². The molecule has 0 saturated carbocycles. The Bertz CT molecular complexity index is 2230. The summed E-state index contributed by atoms with van der Waals surface area (Å²) in [4.78, 5) is 30.9. The molecule has 53 heavy (non-hydrogen) atoms. The van der Waals surface area contributed by atoms with Crippen molar-refractivity contribution < 1.29 is 32.2 Å². The number of hydrogen-bond donors (Lipinski definition) is 1. The molecule has 10 nitrogen and oxygen atoms in total. The number of nitrogens with zero attached hydrogens (tertiary/aromatic N) is 5. The molecule has 3 fully saturated rings. The Kier molecular flexibility index (Phi) is 9.49. The quantitative estimate of drug-likeness (QED) is 0.178. The van der Waals surface area contributed by atoms with Gasteiger partial charge in [-0.15, -0.1) is 6.42 Å². The summed E-state index contributed by atoms with van der Waals surface area (Å²) in [6, 6.07) is 14.9. The SMILES string of the molecule is C#Cc1c(F)ccc2cc(OC(=O)NCc3ccccc3)cc(-c3ncc4c(N5CCCOCC5)nc(OC[C@@]56CCCN5C[C@H](F)C6)nc4c3F)c12. The second-order valence-corrected chi connectivity index (χ2v) is 13.7. The molecule has 0 unspecified atom stereocenters. The van der Waals surface area contributed by atoms with E-state index >= 15 is 8.78 Å². The molecule has 2 atom stereocenters. The number of carbonyl (C=O) groups is 1. The van der Waals surface area contributed by atoms with Crippen LogP contribution in [-0.2, 0) is 11.3 Å². The second kappa shape index (κ2) is 14.5. The first-order valence-corrected chi connectivity index (χ1v) is 17.8. The van der Waals surface area contributed by atoms with Gasteiger partial charge in [-0.3, -0.25) is 9.88 Å². The highest BCUT2D eigenvalue weighted by molar-refractivity contribution is 6.03. The van der Waals surface area contributed by atoms with Crippen molar-refractivity contribution in [1.82, 2.24) is 25.2 Å². The number of ether oxygens (including phenoxy) is 3. The van der Waals surface area contributed by atoms with Gasteiger partial charge in [-0.2, -0.15) is 9.97 Å². The largest absolute Gasteiger partial charge is 0.461 e. The van der Waals surface area contributed by atoms with Crippen LogP contribution in [-0.4, -0.2) is 83.7 Å². The lowest BCUT2D eigenvalue weighted by atomic mass is 9.95. The van der Waals surface area contributed by atoms with E-state index in [1.807, 2.05) is 35.2 Å². The lowest BCUT2D eigenvalue weighted by Crippen LogP contribution is -2.43. The molecule has 0 aliphatic carbocycles. The van der Waals surface area contributed by atoms with Gasteiger partial charge >= 0.3 is 12.1 Å². The number of amides is 1. The Morgan fingerprint density at radius 3 is 2.79 bits per heavy atom. The average molecular weight is 723 g/mol. The number of pyridine rings is 1. The highest BCUT2D eigenvalue weighted by Gasteiger charge is 2.49. The summed E-state index contributed by atoms with van der Waals surface area (Å²) >= 11 is 0. The third-order valence-electron chi connectivity index (χ3n) is 10.3. The highest BCUT2D eigenvalue weighted by Crippen LogP contribution is 2.42. The van der Waals surface area contributed by atoms with Crippen LogP contribution in [0, 0.1) is 24.0 Å². The van der Waals surface area contributed by atoms with Gasteiger partial charge in [0.25, 0.3) is 0 Å². The monoisotopic (exact) mass is 722 g/mol. The number of terminal acetylenes is 1. The fourth-order valence-electron chi connectivity index (χ4n) is 7.83. The molecule has 1 amide bonds. The Morgan fingerprint density at radius 1 is 1.08 bits per heavy atom. The van der Waals surface area contributed by atoms with Crippen molar-refractivity contribution in [1.29, 1.82) is 0 Å². The van der Waals surface area contributed by atoms with E-state index in [1.54, 1.807) is 0 Å². The maximum atomic E-state index is 17.2. The van der Waals surface area contributed by atoms with Crippen molar-refractivity contribution in [3.63, 3.8) is 0 Å². The van der Waals surface area contributed by atoms with Crippen molar-refractivity contribution in [2.75, 3.05) is 50.9 Å². The summed E-state index contributed by atoms with van der Waals surface area (Å²) < 4.78 is 64.5. The first-order valence-electron chi connectivity index (χ1n) is 17.8. The molecule has 5 heterocycles. The second-order valence-electron chi connectivity index (χ2n) is 13.7. The highest BCUT2D eigenvalue weighted by atomic mass is 19.1. The number of halogens is 3. The maximum absolute atomic E-state index is 17.2. The van der Waals surface area contributed by atoms with E-state index in [-0.39, 0.29) is 52.6 Å². The van der Waals surface area contributed by atoms with E-state index in [4.69, 9.17) is 25.6 Å². The number of carbonyl (C=O) groups excluding carboxylic acids is 1. The summed E-state index contributed by atoms with van der Waals surface area (Å²) in [7, 11) is 0. The van der Waals surface area contributed by atoms with Crippen LogP contribution in [0.5, 0.6) is 11.8 Å². The summed E-state index contributed by atoms with van der Waals surface area (Å²) in [5.74, 6) is 1.38. The molecule has 3 aliphatic rings. The Labute approximate surface area is 304 Å². The van der Waals surface area contributed by atoms with Crippen LogP contribution < -0.4 is 19.7 Å². The molecular weight excluding hydrogens is 685 g/mol. The average Bonchev–Trinajstić information content (AvgIpc) is 3.55. The normalized spacial score (nSPS) is 20.3. The van der Waals surface area contributed by atoms with Crippen molar-refractivity contribution in [3.05, 3.63) is 83.6 Å². The van der Waals surface area contributed by atoms with E-state index in [0.717, 1.165) is 31.4 Å². The number of fused-ring (bicyclic) bond motifs is 3. The van der Waals surface area contributed by atoms with Crippen molar-refractivity contribution in [2.24, 2.45) is 0 Å². The zero-order valence-corrected chi connectivity index (χ0v) is 28.9. The van der Waals surface area contributed by atoms with Gasteiger partial charge < -0.3 is 24.4 Å². The molecule has 0 bridgehead atoms. The number of benzene rings is 3. The molecule has 8 rings (SSSR count). The summed E-state index contributed by atoms with van der Waals surface area (Å²) in [5, 5.41) is 3.67. The molecule has 3 aromatic carbocycles. The molecule has 0 spiro atoms. The lowest BCUT2D eigenvalue weighted by molar-refractivity contribution is 0.107. The molecule has 3 aliphatic heterocycles. The molecule has 5 aromatic rings. The van der Waals surface area contributed by atoms with E-state index < -0.39 is 29.4 Å². The predicted octanol–water partition coefficient (Wildman–Crippen LogP) is 6.58. The third-order valence-corrected chi connectivity index (χ3v) is 10.3. The lowest BCUT2D eigenvalue weighted by Gasteiger charge is -2.31. The van der Waals surface area contributed by atoms with Gasteiger partial charge in [-0.05, 0) is 55.0 Å². The van der Waals surface area contributed by atoms with E-state index in [1.165, 1.54) is 30.5 Å². The number of nitrogens with one attached hydrogen (secondary N) is 1. The third kappa shape index (κ3) is 6.80. The molecule has 272 valence electrons. The van der Waals surface area contributed by atoms with Crippen LogP contribution >= 0.6 is 0 Å². The van der Waals surface area contributed by atoms with E-state index in [2.05, 4.69) is 26.1 Å². The van der Waals surface area contributed by atoms with Crippen LogP contribution in [0.3, 0.4) is 0 Å². The van der Waals surface area contributed by atoms with Gasteiger partial charge in [0.2, 0.25) is 0 Å². The van der Waals surface area contributed by atoms with E-state index in [0.29, 0.717) is 55.9 Å². The first kappa shape index (κ1) is 34.6. The topological polar surface area (TPSA) is 102 Å². The summed E-state index contributed by atoms with van der Waals surface area (Å²) in [6.07, 6.45) is 8.37. The predicted molar refractivity (Wildman–Crippen MR) is 194 cm³/mol. The van der Waals surface area contributed by atoms with Crippen LogP contribution in [0.25, 0.3) is 32.9 Å². The van der Waals surface area contributed by atoms with Gasteiger partial charge in [0.15, 0.2) is 5.82 Å². The van der Waals surface area contributed by atoms with Gasteiger partial charge in [0, 0.05) is 56.4 Å². The minimum Gasteiger partial charge on any atom is -0.461 e. The van der Waals surface area contributed by atoms with Gasteiger partial charge in [-0.25, -0.2) is 18.0 Å². The molecule has 1 N–H and O–H groups in total. The summed E-state index contributed by atoms with van der Waals surface area (Å²) in [6.45, 7) is 3.64. The van der Waals surface area contributed by atoms with Gasteiger partial charge in [0.05, 0.1) is 23.1 Å². The number of alkyl halides is 1.